The zero-order valence-corrected chi connectivity index (χ0v) is 12.0. The average Bonchev–Trinajstić information content (AvgIpc) is 2.26. The van der Waals surface area contributed by atoms with E-state index in [1.165, 1.54) is 6.07 Å². The van der Waals surface area contributed by atoms with Crippen molar-refractivity contribution < 1.29 is 17.2 Å². The maximum atomic E-state index is 13.7. The molecule has 18 heavy (non-hydrogen) atoms. The molecule has 0 heterocycles. The minimum absolute atomic E-state index is 0.119. The Bertz CT molecular complexity index is 537. The van der Waals surface area contributed by atoms with E-state index in [1.807, 2.05) is 0 Å². The Morgan fingerprint density at radius 3 is 2.56 bits per heavy atom. The first-order valence-electron chi connectivity index (χ1n) is 5.01. The maximum absolute atomic E-state index is 13.7. The molecule has 102 valence electrons. The van der Waals surface area contributed by atoms with E-state index in [4.69, 9.17) is 5.84 Å². The number of rotatable bonds is 5. The molecule has 0 amide bonds. The van der Waals surface area contributed by atoms with Gasteiger partial charge in [0, 0.05) is 17.9 Å². The molecule has 4 nitrogen and oxygen atoms in total. The van der Waals surface area contributed by atoms with Gasteiger partial charge in [0.15, 0.2) is 0 Å². The van der Waals surface area contributed by atoms with Crippen LogP contribution in [-0.2, 0) is 16.3 Å². The highest BCUT2D eigenvalue weighted by atomic mass is 79.9. The Hall–Kier alpha value is -0.570. The van der Waals surface area contributed by atoms with Crippen molar-refractivity contribution in [1.82, 2.24) is 5.43 Å². The number of nitrogens with one attached hydrogen (secondary N) is 1. The summed E-state index contributed by atoms with van der Waals surface area (Å²) in [5, 5.41) is 0. The summed E-state index contributed by atoms with van der Waals surface area (Å²) in [5.41, 5.74) is 2.06. The van der Waals surface area contributed by atoms with Crippen LogP contribution in [-0.4, -0.2) is 26.5 Å². The van der Waals surface area contributed by atoms with Crippen molar-refractivity contribution in [3.8, 4) is 0 Å². The third-order valence-electron chi connectivity index (χ3n) is 2.33. The van der Waals surface area contributed by atoms with Crippen molar-refractivity contribution in [2.24, 2.45) is 5.84 Å². The van der Waals surface area contributed by atoms with Gasteiger partial charge in [-0.1, -0.05) is 0 Å². The lowest BCUT2D eigenvalue weighted by Gasteiger charge is -2.16. The smallest absolute Gasteiger partial charge is 0.149 e. The van der Waals surface area contributed by atoms with Gasteiger partial charge in [-0.15, -0.1) is 0 Å². The van der Waals surface area contributed by atoms with Crippen LogP contribution in [0.25, 0.3) is 0 Å². The molecule has 1 rings (SSSR count). The van der Waals surface area contributed by atoms with Gasteiger partial charge in [-0.2, -0.15) is 0 Å². The van der Waals surface area contributed by atoms with E-state index in [2.05, 4.69) is 21.4 Å². The van der Waals surface area contributed by atoms with E-state index in [0.29, 0.717) is 0 Å². The summed E-state index contributed by atoms with van der Waals surface area (Å²) in [4.78, 5) is 0. The van der Waals surface area contributed by atoms with E-state index in [1.54, 1.807) is 0 Å². The molecule has 0 aliphatic rings. The molecule has 1 aromatic carbocycles. The summed E-state index contributed by atoms with van der Waals surface area (Å²) in [5.74, 6) is 3.42. The van der Waals surface area contributed by atoms with E-state index < -0.39 is 27.5 Å². The maximum Gasteiger partial charge on any atom is 0.149 e. The zero-order chi connectivity index (χ0) is 13.9. The quantitative estimate of drug-likeness (QED) is 0.478. The molecule has 0 radical (unpaired) electrons. The Balaban J connectivity index is 2.99. The molecule has 1 aromatic rings. The lowest BCUT2D eigenvalue weighted by Crippen LogP contribution is -2.42. The standard InChI is InChI=1S/C10H13BrF2N2O2S/c1-18(16,17)5-6(15-14)4-7-9(12)3-2-8(11)10(7)13/h2-3,6,15H,4-5,14H2,1H3. The van der Waals surface area contributed by atoms with Crippen LogP contribution in [0.15, 0.2) is 16.6 Å². The van der Waals surface area contributed by atoms with Crippen LogP contribution in [0.4, 0.5) is 8.78 Å². The van der Waals surface area contributed by atoms with E-state index >= 15 is 0 Å². The SMILES string of the molecule is CS(=O)(=O)CC(Cc1c(F)ccc(Br)c1F)NN. The van der Waals surface area contributed by atoms with Gasteiger partial charge in [0.25, 0.3) is 0 Å². The van der Waals surface area contributed by atoms with E-state index in [9.17, 15) is 17.2 Å². The fraction of sp³-hybridized carbons (Fsp3) is 0.400. The van der Waals surface area contributed by atoms with Crippen LogP contribution in [0.5, 0.6) is 0 Å². The fourth-order valence-corrected chi connectivity index (χ4v) is 2.85. The third-order valence-corrected chi connectivity index (χ3v) is 3.95. The predicted molar refractivity (Wildman–Crippen MR) is 68.6 cm³/mol. The van der Waals surface area contributed by atoms with Crippen molar-refractivity contribution in [2.75, 3.05) is 12.0 Å². The van der Waals surface area contributed by atoms with Gasteiger partial charge < -0.3 is 0 Å². The molecule has 0 aliphatic heterocycles. The minimum atomic E-state index is -3.29. The second-order valence-corrected chi connectivity index (χ2v) is 7.02. The lowest BCUT2D eigenvalue weighted by atomic mass is 10.1. The number of halogens is 3. The molecular weight excluding hydrogens is 330 g/mol. The van der Waals surface area contributed by atoms with Gasteiger partial charge in [-0.3, -0.25) is 11.3 Å². The highest BCUT2D eigenvalue weighted by molar-refractivity contribution is 9.10. The zero-order valence-electron chi connectivity index (χ0n) is 9.58. The van der Waals surface area contributed by atoms with Crippen LogP contribution < -0.4 is 11.3 Å². The molecule has 0 aliphatic carbocycles. The first-order chi connectivity index (χ1) is 8.24. The topological polar surface area (TPSA) is 72.2 Å². The van der Waals surface area contributed by atoms with Crippen LogP contribution in [0.2, 0.25) is 0 Å². The third kappa shape index (κ3) is 4.27. The summed E-state index contributed by atoms with van der Waals surface area (Å²) in [6.45, 7) is 0. The molecule has 0 bridgehead atoms. The minimum Gasteiger partial charge on any atom is -0.271 e. The van der Waals surface area contributed by atoms with Gasteiger partial charge in [0.05, 0.1) is 10.2 Å². The molecule has 0 spiro atoms. The fourth-order valence-electron chi connectivity index (χ4n) is 1.53. The highest BCUT2D eigenvalue weighted by Crippen LogP contribution is 2.22. The molecule has 0 saturated heterocycles. The highest BCUT2D eigenvalue weighted by Gasteiger charge is 2.20. The molecular formula is C10H13BrF2N2O2S. The monoisotopic (exact) mass is 342 g/mol. The van der Waals surface area contributed by atoms with Crippen molar-refractivity contribution >= 4 is 25.8 Å². The lowest BCUT2D eigenvalue weighted by molar-refractivity contribution is 0.501. The van der Waals surface area contributed by atoms with E-state index in [-0.39, 0.29) is 22.2 Å². The Morgan fingerprint density at radius 2 is 2.06 bits per heavy atom. The van der Waals surface area contributed by atoms with Crippen molar-refractivity contribution in [1.29, 1.82) is 0 Å². The largest absolute Gasteiger partial charge is 0.271 e. The Morgan fingerprint density at radius 1 is 1.44 bits per heavy atom. The molecule has 0 fully saturated rings. The number of nitrogens with two attached hydrogens (primary N) is 1. The molecule has 1 atom stereocenters. The van der Waals surface area contributed by atoms with Crippen LogP contribution in [0.3, 0.4) is 0 Å². The van der Waals surface area contributed by atoms with Crippen molar-refractivity contribution in [3.63, 3.8) is 0 Å². The predicted octanol–water partition coefficient (Wildman–Crippen LogP) is 1.15. The summed E-state index contributed by atoms with van der Waals surface area (Å²) in [6.07, 6.45) is 0.881. The Labute approximate surface area is 113 Å². The summed E-state index contributed by atoms with van der Waals surface area (Å²) in [6, 6.07) is 1.60. The van der Waals surface area contributed by atoms with Crippen molar-refractivity contribution in [2.45, 2.75) is 12.5 Å². The number of sulfone groups is 1. The summed E-state index contributed by atoms with van der Waals surface area (Å²) in [7, 11) is -3.29. The summed E-state index contributed by atoms with van der Waals surface area (Å²) < 4.78 is 49.6. The molecule has 3 N–H and O–H groups in total. The first kappa shape index (κ1) is 15.5. The van der Waals surface area contributed by atoms with E-state index in [0.717, 1.165) is 12.3 Å². The van der Waals surface area contributed by atoms with Gasteiger partial charge in [0.2, 0.25) is 0 Å². The van der Waals surface area contributed by atoms with Crippen LogP contribution >= 0.6 is 15.9 Å². The first-order valence-corrected chi connectivity index (χ1v) is 7.86. The number of hydrogen-bond acceptors (Lipinski definition) is 4. The normalized spacial score (nSPS) is 13.6. The van der Waals surface area contributed by atoms with Gasteiger partial charge in [0.1, 0.15) is 21.5 Å². The molecule has 8 heteroatoms. The average molecular weight is 343 g/mol. The molecule has 0 aromatic heterocycles. The number of hydrogen-bond donors (Lipinski definition) is 2. The number of benzene rings is 1. The van der Waals surface area contributed by atoms with Crippen LogP contribution in [0, 0.1) is 11.6 Å². The summed E-state index contributed by atoms with van der Waals surface area (Å²) >= 11 is 2.94. The molecule has 0 saturated carbocycles. The van der Waals surface area contributed by atoms with Gasteiger partial charge in [-0.05, 0) is 34.5 Å². The van der Waals surface area contributed by atoms with Gasteiger partial charge in [-0.25, -0.2) is 17.2 Å². The second kappa shape index (κ2) is 6.05. The molecule has 1 unspecified atom stereocenters. The second-order valence-electron chi connectivity index (χ2n) is 3.98. The van der Waals surface area contributed by atoms with Crippen LogP contribution in [0.1, 0.15) is 5.56 Å². The number of hydrazine groups is 1. The van der Waals surface area contributed by atoms with Crippen molar-refractivity contribution in [3.05, 3.63) is 33.8 Å². The Kier molecular flexibility index (Phi) is 5.20. The van der Waals surface area contributed by atoms with Gasteiger partial charge >= 0.3 is 0 Å².